The van der Waals surface area contributed by atoms with Gasteiger partial charge in [0.2, 0.25) is 5.89 Å². The van der Waals surface area contributed by atoms with Gasteiger partial charge in [-0.2, -0.15) is 8.78 Å². The first-order chi connectivity index (χ1) is 23.5. The normalized spacial score (nSPS) is 20.1. The number of nitrogens with zero attached hydrogens (tertiary/aromatic N) is 6. The highest BCUT2D eigenvalue weighted by molar-refractivity contribution is 7.91. The van der Waals surface area contributed by atoms with Crippen LogP contribution in [-0.4, -0.2) is 89.1 Å². The monoisotopic (exact) mass is 696 g/mol. The summed E-state index contributed by atoms with van der Waals surface area (Å²) in [5, 5.41) is 6.87. The molecule has 49 heavy (non-hydrogen) atoms. The summed E-state index contributed by atoms with van der Waals surface area (Å²) in [4.78, 5) is 21.7. The van der Waals surface area contributed by atoms with Crippen LogP contribution in [-0.2, 0) is 29.5 Å². The maximum Gasteiger partial charge on any atom is 0.324 e. The molecule has 0 radical (unpaired) electrons. The quantitative estimate of drug-likeness (QED) is 0.218. The predicted molar refractivity (Wildman–Crippen MR) is 179 cm³/mol. The van der Waals surface area contributed by atoms with Crippen LogP contribution in [0.2, 0.25) is 0 Å². The van der Waals surface area contributed by atoms with Crippen LogP contribution in [0.4, 0.5) is 23.7 Å². The van der Waals surface area contributed by atoms with Gasteiger partial charge in [-0.25, -0.2) is 17.6 Å². The first-order valence-corrected chi connectivity index (χ1v) is 18.1. The van der Waals surface area contributed by atoms with Crippen molar-refractivity contribution in [3.8, 4) is 11.5 Å². The van der Waals surface area contributed by atoms with Gasteiger partial charge in [-0.15, -0.1) is 10.2 Å². The minimum Gasteiger partial charge on any atom is -0.415 e. The Morgan fingerprint density at radius 1 is 0.918 bits per heavy atom. The Hall–Kier alpha value is -4.27. The largest absolute Gasteiger partial charge is 0.415 e. The molecule has 10 nitrogen and oxygen atoms in total. The number of urea groups is 1. The number of piperazine rings is 1. The second-order valence-electron chi connectivity index (χ2n) is 12.8. The number of amides is 2. The van der Waals surface area contributed by atoms with E-state index in [1.54, 1.807) is 0 Å². The van der Waals surface area contributed by atoms with E-state index in [9.17, 15) is 22.0 Å². The molecule has 2 amide bonds. The molecule has 260 valence electrons. The molecule has 0 N–H and O–H groups in total. The van der Waals surface area contributed by atoms with E-state index in [0.717, 1.165) is 37.8 Å². The molecule has 3 aromatic carbocycles. The lowest BCUT2D eigenvalue weighted by Crippen LogP contribution is -2.55. The summed E-state index contributed by atoms with van der Waals surface area (Å²) >= 11 is 0. The number of hydrogen-bond acceptors (Lipinski definition) is 8. The summed E-state index contributed by atoms with van der Waals surface area (Å²) in [7, 11) is -3.24. The zero-order chi connectivity index (χ0) is 34.7. The third-order valence-corrected chi connectivity index (χ3v) is 10.8. The number of sulfone groups is 1. The summed E-state index contributed by atoms with van der Waals surface area (Å²) < 4.78 is 70.4. The molecule has 3 heterocycles. The average molecular weight is 697 g/mol. The number of carbonyl (C=O) groups is 1. The number of alkyl halides is 2. The van der Waals surface area contributed by atoms with E-state index in [1.165, 1.54) is 27.5 Å². The SMILES string of the molecule is C[C@@H]1CN(Cc2ccccc2)C[C@H](C)N1Cc1ccc(N(Cc2ccc(-c3nnc(C(F)F)o3)cc2F)C(=O)N2CCS(=O)(=O)CC2)cc1. The molecular weight excluding hydrogens is 657 g/mol. The van der Waals surface area contributed by atoms with Crippen LogP contribution in [0.5, 0.6) is 0 Å². The van der Waals surface area contributed by atoms with Gasteiger partial charge in [-0.05, 0) is 49.2 Å². The van der Waals surface area contributed by atoms with Gasteiger partial charge < -0.3 is 9.32 Å². The predicted octanol–water partition coefficient (Wildman–Crippen LogP) is 5.77. The summed E-state index contributed by atoms with van der Waals surface area (Å²) in [6, 6.07) is 22.2. The lowest BCUT2D eigenvalue weighted by molar-refractivity contribution is 0.0290. The third-order valence-electron chi connectivity index (χ3n) is 9.14. The molecular formula is C35H39F3N6O4S. The molecule has 0 saturated carbocycles. The maximum absolute atomic E-state index is 15.5. The van der Waals surface area contributed by atoms with E-state index < -0.39 is 34.0 Å². The molecule has 2 aliphatic heterocycles. The van der Waals surface area contributed by atoms with Crippen LogP contribution in [0, 0.1) is 5.82 Å². The highest BCUT2D eigenvalue weighted by Gasteiger charge is 2.31. The molecule has 0 unspecified atom stereocenters. The molecule has 1 aromatic heterocycles. The molecule has 0 bridgehead atoms. The Balaban J connectivity index is 1.18. The van der Waals surface area contributed by atoms with E-state index in [1.807, 2.05) is 30.3 Å². The van der Waals surface area contributed by atoms with Crippen LogP contribution in [0.3, 0.4) is 0 Å². The molecule has 2 saturated heterocycles. The topological polar surface area (TPSA) is 103 Å². The smallest absolute Gasteiger partial charge is 0.324 e. The van der Waals surface area contributed by atoms with Crippen LogP contribution in [0.25, 0.3) is 11.5 Å². The summed E-state index contributed by atoms with van der Waals surface area (Å²) in [6.07, 6.45) is -2.96. The molecule has 6 rings (SSSR count). The van der Waals surface area contributed by atoms with Gasteiger partial charge in [-0.3, -0.25) is 14.7 Å². The minimum absolute atomic E-state index is 0.0346. The molecule has 2 fully saturated rings. The van der Waals surface area contributed by atoms with Crippen molar-refractivity contribution in [2.75, 3.05) is 42.6 Å². The van der Waals surface area contributed by atoms with Crippen molar-refractivity contribution in [1.29, 1.82) is 0 Å². The van der Waals surface area contributed by atoms with Crippen LogP contribution in [0.15, 0.2) is 77.2 Å². The average Bonchev–Trinajstić information content (AvgIpc) is 3.58. The van der Waals surface area contributed by atoms with Crippen molar-refractivity contribution in [1.82, 2.24) is 24.9 Å². The second-order valence-corrected chi connectivity index (χ2v) is 15.1. The van der Waals surface area contributed by atoms with Crippen LogP contribution >= 0.6 is 0 Å². The summed E-state index contributed by atoms with van der Waals surface area (Å²) in [6.45, 7) is 7.89. The van der Waals surface area contributed by atoms with Gasteiger partial charge >= 0.3 is 12.5 Å². The van der Waals surface area contributed by atoms with Gasteiger partial charge in [0.15, 0.2) is 9.84 Å². The van der Waals surface area contributed by atoms with E-state index in [4.69, 9.17) is 4.42 Å². The fraction of sp³-hybridized carbons (Fsp3) is 0.400. The number of aromatic nitrogens is 2. The maximum atomic E-state index is 15.5. The number of benzene rings is 3. The number of halogens is 3. The molecule has 2 atom stereocenters. The first kappa shape index (κ1) is 34.6. The van der Waals surface area contributed by atoms with Crippen LogP contribution in [0.1, 0.15) is 42.9 Å². The Morgan fingerprint density at radius 2 is 1.57 bits per heavy atom. The summed E-state index contributed by atoms with van der Waals surface area (Å²) in [5.74, 6) is -2.10. The third kappa shape index (κ3) is 8.31. The molecule has 4 aromatic rings. The molecule has 14 heteroatoms. The number of hydrogen-bond donors (Lipinski definition) is 0. The van der Waals surface area contributed by atoms with Gasteiger partial charge in [0.1, 0.15) is 5.82 Å². The van der Waals surface area contributed by atoms with Gasteiger partial charge in [0, 0.05) is 68.2 Å². The zero-order valence-electron chi connectivity index (χ0n) is 27.4. The lowest BCUT2D eigenvalue weighted by Gasteiger charge is -2.44. The van der Waals surface area contributed by atoms with Crippen LogP contribution < -0.4 is 4.90 Å². The Bertz CT molecular complexity index is 1830. The summed E-state index contributed by atoms with van der Waals surface area (Å²) in [5.41, 5.74) is 3.16. The number of rotatable bonds is 9. The fourth-order valence-electron chi connectivity index (χ4n) is 6.50. The Kier molecular flexibility index (Phi) is 10.4. The second kappa shape index (κ2) is 14.7. The van der Waals surface area contributed by atoms with Crippen molar-refractivity contribution in [3.63, 3.8) is 0 Å². The van der Waals surface area contributed by atoms with Gasteiger partial charge in [0.05, 0.1) is 18.1 Å². The lowest BCUT2D eigenvalue weighted by atomic mass is 10.0. The molecule has 0 aliphatic carbocycles. The first-order valence-electron chi connectivity index (χ1n) is 16.2. The van der Waals surface area contributed by atoms with Crippen molar-refractivity contribution in [3.05, 3.63) is 101 Å². The van der Waals surface area contributed by atoms with Crippen molar-refractivity contribution in [2.24, 2.45) is 0 Å². The standard InChI is InChI=1S/C35H39F3N6O4S/c1-24-19-41(21-26-6-4-3-5-7-26)20-25(2)43(24)22-27-8-12-30(13-9-27)44(35(45)42-14-16-49(46,47)17-15-42)23-29-11-10-28(18-31(29)36)33-39-40-34(48-33)32(37)38/h3-13,18,24-25,32H,14-17,19-23H2,1-2H3/t24-,25+. The van der Waals surface area contributed by atoms with E-state index in [2.05, 4.69) is 58.1 Å². The molecule has 0 spiro atoms. The zero-order valence-corrected chi connectivity index (χ0v) is 28.2. The van der Waals surface area contributed by atoms with E-state index >= 15 is 4.39 Å². The Labute approximate surface area is 284 Å². The number of anilines is 1. The van der Waals surface area contributed by atoms with Gasteiger partial charge in [0.25, 0.3) is 5.89 Å². The van der Waals surface area contributed by atoms with Crippen molar-refractivity contribution >= 4 is 21.6 Å². The molecule has 2 aliphatic rings. The van der Waals surface area contributed by atoms with Gasteiger partial charge in [-0.1, -0.05) is 48.5 Å². The van der Waals surface area contributed by atoms with E-state index in [-0.39, 0.29) is 48.2 Å². The highest BCUT2D eigenvalue weighted by atomic mass is 32.2. The minimum atomic E-state index is -3.24. The highest BCUT2D eigenvalue weighted by Crippen LogP contribution is 2.28. The Morgan fingerprint density at radius 3 is 2.18 bits per heavy atom. The fourth-order valence-corrected chi connectivity index (χ4v) is 7.70. The number of carbonyl (C=O) groups excluding carboxylic acids is 1. The van der Waals surface area contributed by atoms with E-state index in [0.29, 0.717) is 17.8 Å². The van der Waals surface area contributed by atoms with Crippen molar-refractivity contribution < 1.29 is 30.8 Å². The van der Waals surface area contributed by atoms with Crippen molar-refractivity contribution in [2.45, 2.75) is 52.0 Å².